The Kier molecular flexibility index (Phi) is 9.26. The number of hydrogen-bond acceptors (Lipinski definition) is 6. The fraction of sp³-hybridized carbons (Fsp3) is 0.167. The molecule has 8 nitrogen and oxygen atoms in total. The summed E-state index contributed by atoms with van der Waals surface area (Å²) in [5.74, 6) is -1.50. The summed E-state index contributed by atoms with van der Waals surface area (Å²) in [7, 11) is 0. The monoisotopic (exact) mass is 540 g/mol. The zero-order valence-corrected chi connectivity index (χ0v) is 19.5. The van der Waals surface area contributed by atoms with Gasteiger partial charge in [0.05, 0.1) is 17.3 Å². The molecule has 200 valence electrons. The molecule has 38 heavy (non-hydrogen) atoms. The van der Waals surface area contributed by atoms with Crippen LogP contribution in [0.4, 0.5) is 37.7 Å². The largest absolute Gasteiger partial charge is 0.511 e. The number of carbonyl (C=O) groups is 2. The number of rotatable bonds is 4. The number of aliphatic hydroxyl groups is 1. The minimum absolute atomic E-state index is 0.0898. The van der Waals surface area contributed by atoms with Gasteiger partial charge in [-0.25, -0.2) is 0 Å². The Labute approximate surface area is 211 Å². The molecule has 0 saturated carbocycles. The molecule has 14 heteroatoms. The molecule has 0 aliphatic heterocycles. The predicted molar refractivity (Wildman–Crippen MR) is 122 cm³/mol. The van der Waals surface area contributed by atoms with Crippen LogP contribution >= 0.6 is 0 Å². The maximum atomic E-state index is 12.4. The lowest BCUT2D eigenvalue weighted by molar-refractivity contribution is -0.138. The van der Waals surface area contributed by atoms with Gasteiger partial charge < -0.3 is 20.3 Å². The standard InChI is InChI=1S/2C12H9F3N2O2/c1-7-10(6-16-19-7)11(18)17-9-4-2-8(3-5-9)12(13,14)15;1-7(18)10(6-16)11(19)17-9-4-2-8(3-5-9)12(13,14)15/h2-6H,1H3,(H,17,18);2-5,18H,1H3,(H,17,19)/b;10-7+. The predicted octanol–water partition coefficient (Wildman–Crippen LogP) is 6.25. The number of allylic oxidation sites excluding steroid dienone is 1. The van der Waals surface area contributed by atoms with Crippen molar-refractivity contribution in [3.8, 4) is 6.07 Å². The number of alkyl halides is 6. The second-order valence-corrected chi connectivity index (χ2v) is 7.43. The lowest BCUT2D eigenvalue weighted by Gasteiger charge is -2.08. The summed E-state index contributed by atoms with van der Waals surface area (Å²) >= 11 is 0. The van der Waals surface area contributed by atoms with Gasteiger partial charge in [-0.3, -0.25) is 9.59 Å². The molecule has 0 bridgehead atoms. The van der Waals surface area contributed by atoms with E-state index < -0.39 is 46.6 Å². The number of benzene rings is 2. The molecule has 0 spiro atoms. The molecule has 2 aromatic carbocycles. The van der Waals surface area contributed by atoms with Gasteiger partial charge in [-0.1, -0.05) is 5.16 Å². The average molecular weight is 540 g/mol. The van der Waals surface area contributed by atoms with Gasteiger partial charge in [0, 0.05) is 11.4 Å². The third-order valence-corrected chi connectivity index (χ3v) is 4.64. The molecular weight excluding hydrogens is 522 g/mol. The first-order chi connectivity index (χ1) is 17.6. The van der Waals surface area contributed by atoms with Crippen LogP contribution in [-0.4, -0.2) is 22.1 Å². The van der Waals surface area contributed by atoms with Crippen molar-refractivity contribution in [2.75, 3.05) is 10.6 Å². The highest BCUT2D eigenvalue weighted by atomic mass is 19.4. The first kappa shape index (κ1) is 29.4. The Bertz CT molecular complexity index is 1350. The number of aromatic nitrogens is 1. The molecule has 0 saturated heterocycles. The fourth-order valence-electron chi connectivity index (χ4n) is 2.69. The summed E-state index contributed by atoms with van der Waals surface area (Å²) in [5.41, 5.74) is -1.53. The van der Waals surface area contributed by atoms with Crippen LogP contribution in [0.2, 0.25) is 0 Å². The number of nitrogens with one attached hydrogen (secondary N) is 2. The first-order valence-corrected chi connectivity index (χ1v) is 10.3. The molecule has 0 unspecified atom stereocenters. The average Bonchev–Trinajstić information content (AvgIpc) is 3.25. The van der Waals surface area contributed by atoms with Gasteiger partial charge in [0.2, 0.25) is 0 Å². The van der Waals surface area contributed by atoms with Crippen LogP contribution in [-0.2, 0) is 17.1 Å². The molecule has 0 fully saturated rings. The van der Waals surface area contributed by atoms with E-state index in [4.69, 9.17) is 14.9 Å². The number of nitrogens with zero attached hydrogens (tertiary/aromatic N) is 2. The van der Waals surface area contributed by atoms with Crippen LogP contribution in [0.25, 0.3) is 0 Å². The molecule has 3 rings (SSSR count). The van der Waals surface area contributed by atoms with Gasteiger partial charge in [0.15, 0.2) is 5.57 Å². The summed E-state index contributed by atoms with van der Waals surface area (Å²) in [6.07, 6.45) is -7.61. The van der Waals surface area contributed by atoms with Gasteiger partial charge in [-0.15, -0.1) is 0 Å². The van der Waals surface area contributed by atoms with Crippen molar-refractivity contribution >= 4 is 23.2 Å². The van der Waals surface area contributed by atoms with Crippen LogP contribution < -0.4 is 10.6 Å². The lowest BCUT2D eigenvalue weighted by Crippen LogP contribution is -2.15. The van der Waals surface area contributed by atoms with Gasteiger partial charge in [-0.2, -0.15) is 31.6 Å². The fourth-order valence-corrected chi connectivity index (χ4v) is 2.69. The van der Waals surface area contributed by atoms with Gasteiger partial charge in [0.25, 0.3) is 11.8 Å². The van der Waals surface area contributed by atoms with E-state index in [-0.39, 0.29) is 16.9 Å². The van der Waals surface area contributed by atoms with E-state index >= 15 is 0 Å². The Hall–Kier alpha value is -4.80. The number of carbonyl (C=O) groups excluding carboxylic acids is 2. The zero-order valence-electron chi connectivity index (χ0n) is 19.5. The Morgan fingerprint density at radius 1 is 0.895 bits per heavy atom. The van der Waals surface area contributed by atoms with E-state index in [0.29, 0.717) is 5.76 Å². The summed E-state index contributed by atoms with van der Waals surface area (Å²) in [4.78, 5) is 23.2. The van der Waals surface area contributed by atoms with E-state index in [1.165, 1.54) is 24.4 Å². The van der Waals surface area contributed by atoms with Crippen LogP contribution in [0.5, 0.6) is 0 Å². The highest BCUT2D eigenvalue weighted by molar-refractivity contribution is 6.06. The highest BCUT2D eigenvalue weighted by Gasteiger charge is 2.30. The summed E-state index contributed by atoms with van der Waals surface area (Å²) in [6.45, 7) is 2.72. The SMILES string of the molecule is C/C(O)=C(/C#N)C(=O)Nc1ccc(C(F)(F)F)cc1.Cc1oncc1C(=O)Nc1ccc(C(F)(F)F)cc1. The summed E-state index contributed by atoms with van der Waals surface area (Å²) in [5, 5.41) is 25.8. The third-order valence-electron chi connectivity index (χ3n) is 4.64. The number of nitriles is 1. The molecule has 3 aromatic rings. The Morgan fingerprint density at radius 3 is 1.68 bits per heavy atom. The lowest BCUT2D eigenvalue weighted by atomic mass is 10.2. The molecule has 1 aromatic heterocycles. The maximum absolute atomic E-state index is 12.4. The summed E-state index contributed by atoms with van der Waals surface area (Å²) in [6, 6.07) is 9.38. The van der Waals surface area contributed by atoms with Crippen molar-refractivity contribution < 1.29 is 45.6 Å². The van der Waals surface area contributed by atoms with Crippen molar-refractivity contribution in [1.82, 2.24) is 5.16 Å². The Morgan fingerprint density at radius 2 is 1.34 bits per heavy atom. The van der Waals surface area contributed by atoms with Gasteiger partial charge in [-0.05, 0) is 62.4 Å². The van der Waals surface area contributed by atoms with Crippen LogP contribution in [0.15, 0.2) is 70.6 Å². The number of halogens is 6. The van der Waals surface area contributed by atoms with Crippen molar-refractivity contribution in [1.29, 1.82) is 5.26 Å². The van der Waals surface area contributed by atoms with Crippen molar-refractivity contribution in [2.24, 2.45) is 0 Å². The number of aryl methyl sites for hydroxylation is 1. The smallest absolute Gasteiger partial charge is 0.416 e. The molecule has 0 aliphatic carbocycles. The summed E-state index contributed by atoms with van der Waals surface area (Å²) < 4.78 is 78.7. The van der Waals surface area contributed by atoms with Crippen LogP contribution in [0, 0.1) is 18.3 Å². The first-order valence-electron chi connectivity index (χ1n) is 10.3. The molecule has 1 heterocycles. The normalized spacial score (nSPS) is 11.9. The van der Waals surface area contributed by atoms with Crippen molar-refractivity contribution in [3.63, 3.8) is 0 Å². The Balaban J connectivity index is 0.000000267. The van der Waals surface area contributed by atoms with Crippen LogP contribution in [0.1, 0.15) is 34.2 Å². The maximum Gasteiger partial charge on any atom is 0.416 e. The molecule has 0 atom stereocenters. The van der Waals surface area contributed by atoms with E-state index in [9.17, 15) is 35.9 Å². The zero-order chi connectivity index (χ0) is 28.7. The van der Waals surface area contributed by atoms with E-state index in [1.807, 2.05) is 0 Å². The molecule has 3 N–H and O–H groups in total. The van der Waals surface area contributed by atoms with Crippen molar-refractivity contribution in [2.45, 2.75) is 26.2 Å². The van der Waals surface area contributed by atoms with E-state index in [2.05, 4.69) is 15.8 Å². The topological polar surface area (TPSA) is 128 Å². The van der Waals surface area contributed by atoms with Crippen LogP contribution in [0.3, 0.4) is 0 Å². The molecule has 0 aliphatic rings. The number of anilines is 2. The quantitative estimate of drug-likeness (QED) is 0.155. The third kappa shape index (κ3) is 8.12. The highest BCUT2D eigenvalue weighted by Crippen LogP contribution is 2.30. The second kappa shape index (κ2) is 12.0. The van der Waals surface area contributed by atoms with E-state index in [1.54, 1.807) is 6.92 Å². The number of aliphatic hydroxyl groups excluding tert-OH is 1. The number of hydrogen-bond donors (Lipinski definition) is 3. The van der Waals surface area contributed by atoms with Gasteiger partial charge in [0.1, 0.15) is 23.2 Å². The van der Waals surface area contributed by atoms with Gasteiger partial charge >= 0.3 is 12.4 Å². The molecule has 0 radical (unpaired) electrons. The number of amides is 2. The van der Waals surface area contributed by atoms with Crippen molar-refractivity contribution in [3.05, 3.63) is 88.5 Å². The molecular formula is C24H18F6N4O4. The second-order valence-electron chi connectivity index (χ2n) is 7.43. The minimum atomic E-state index is -4.46. The van der Waals surface area contributed by atoms with E-state index in [0.717, 1.165) is 43.3 Å². The minimum Gasteiger partial charge on any atom is -0.511 e. The molecule has 2 amide bonds.